The zero-order valence-corrected chi connectivity index (χ0v) is 9.15. The van der Waals surface area contributed by atoms with Crippen molar-refractivity contribution in [1.82, 2.24) is 15.1 Å². The van der Waals surface area contributed by atoms with Gasteiger partial charge in [-0.05, 0) is 6.92 Å². The minimum atomic E-state index is -0.456. The van der Waals surface area contributed by atoms with Crippen LogP contribution in [0.2, 0.25) is 0 Å². The Morgan fingerprint density at radius 3 is 2.93 bits per heavy atom. The summed E-state index contributed by atoms with van der Waals surface area (Å²) in [5, 5.41) is 6.67. The first-order chi connectivity index (χ1) is 7.06. The summed E-state index contributed by atoms with van der Waals surface area (Å²) in [5.74, 6) is 0.390. The Morgan fingerprint density at radius 2 is 2.47 bits per heavy atom. The van der Waals surface area contributed by atoms with Gasteiger partial charge < -0.3 is 15.8 Å². The Kier molecular flexibility index (Phi) is 3.68. The van der Waals surface area contributed by atoms with Gasteiger partial charge in [0.1, 0.15) is 11.9 Å². The molecule has 6 nitrogen and oxygen atoms in total. The third kappa shape index (κ3) is 2.69. The van der Waals surface area contributed by atoms with Gasteiger partial charge in [0.05, 0.1) is 6.20 Å². The van der Waals surface area contributed by atoms with Crippen LogP contribution in [0.15, 0.2) is 6.20 Å². The molecular weight excluding hydrogens is 196 g/mol. The normalized spacial score (nSPS) is 12.5. The molecule has 1 atom stereocenters. The minimum Gasteiger partial charge on any atom is -0.384 e. The van der Waals surface area contributed by atoms with Crippen LogP contribution >= 0.6 is 0 Å². The number of carbonyl (C=O) groups is 1. The standard InChI is InChI=1S/C9H16N4O2/c1-6(15-3)9(14)11-4-7-5-12-13(2)8(7)10/h5-6H,4,10H2,1-3H3,(H,11,14). The van der Waals surface area contributed by atoms with Crippen LogP contribution in [-0.2, 0) is 23.1 Å². The van der Waals surface area contributed by atoms with Crippen molar-refractivity contribution < 1.29 is 9.53 Å². The van der Waals surface area contributed by atoms with E-state index in [-0.39, 0.29) is 5.91 Å². The molecule has 1 unspecified atom stereocenters. The number of rotatable bonds is 4. The molecule has 6 heteroatoms. The first kappa shape index (κ1) is 11.5. The largest absolute Gasteiger partial charge is 0.384 e. The minimum absolute atomic E-state index is 0.166. The molecule has 1 amide bonds. The van der Waals surface area contributed by atoms with Gasteiger partial charge >= 0.3 is 0 Å². The molecule has 3 N–H and O–H groups in total. The van der Waals surface area contributed by atoms with Gasteiger partial charge in [-0.15, -0.1) is 0 Å². The third-order valence-corrected chi connectivity index (χ3v) is 2.24. The van der Waals surface area contributed by atoms with Gasteiger partial charge in [0, 0.05) is 26.3 Å². The molecule has 0 radical (unpaired) electrons. The lowest BCUT2D eigenvalue weighted by Gasteiger charge is -2.09. The van der Waals surface area contributed by atoms with Crippen molar-refractivity contribution in [3.05, 3.63) is 11.8 Å². The number of nitrogen functional groups attached to an aromatic ring is 1. The predicted octanol–water partition coefficient (Wildman–Crippen LogP) is -0.347. The number of aromatic nitrogens is 2. The van der Waals surface area contributed by atoms with Gasteiger partial charge in [-0.3, -0.25) is 9.48 Å². The highest BCUT2D eigenvalue weighted by Gasteiger charge is 2.12. The van der Waals surface area contributed by atoms with Crippen LogP contribution in [0.3, 0.4) is 0 Å². The number of ether oxygens (including phenoxy) is 1. The van der Waals surface area contributed by atoms with Crippen LogP contribution in [0, 0.1) is 0 Å². The highest BCUT2D eigenvalue weighted by atomic mass is 16.5. The Labute approximate surface area is 88.4 Å². The van der Waals surface area contributed by atoms with E-state index in [1.54, 1.807) is 24.9 Å². The average Bonchev–Trinajstić information content (AvgIpc) is 2.55. The quantitative estimate of drug-likeness (QED) is 0.715. The number of nitrogens with one attached hydrogen (secondary N) is 1. The first-order valence-corrected chi connectivity index (χ1v) is 4.63. The van der Waals surface area contributed by atoms with Crippen molar-refractivity contribution >= 4 is 11.7 Å². The maximum Gasteiger partial charge on any atom is 0.249 e. The average molecular weight is 212 g/mol. The lowest BCUT2D eigenvalue weighted by atomic mass is 10.3. The second-order valence-electron chi connectivity index (χ2n) is 3.27. The summed E-state index contributed by atoms with van der Waals surface area (Å²) in [6.07, 6.45) is 1.18. The molecule has 1 rings (SSSR count). The van der Waals surface area contributed by atoms with Gasteiger partial charge in [-0.1, -0.05) is 0 Å². The molecule has 1 heterocycles. The van der Waals surface area contributed by atoms with Crippen LogP contribution < -0.4 is 11.1 Å². The Morgan fingerprint density at radius 1 is 1.80 bits per heavy atom. The predicted molar refractivity (Wildman–Crippen MR) is 55.9 cm³/mol. The fourth-order valence-corrected chi connectivity index (χ4v) is 1.06. The molecule has 15 heavy (non-hydrogen) atoms. The van der Waals surface area contributed by atoms with Gasteiger partial charge in [-0.2, -0.15) is 5.10 Å². The molecule has 0 bridgehead atoms. The fraction of sp³-hybridized carbons (Fsp3) is 0.556. The van der Waals surface area contributed by atoms with Crippen molar-refractivity contribution in [2.45, 2.75) is 19.6 Å². The van der Waals surface area contributed by atoms with Crippen molar-refractivity contribution in [2.75, 3.05) is 12.8 Å². The molecule has 0 saturated heterocycles. The molecular formula is C9H16N4O2. The molecule has 1 aromatic heterocycles. The number of hydrogen-bond donors (Lipinski definition) is 2. The fourth-order valence-electron chi connectivity index (χ4n) is 1.06. The Balaban J connectivity index is 2.51. The number of amides is 1. The van der Waals surface area contributed by atoms with E-state index >= 15 is 0 Å². The van der Waals surface area contributed by atoms with Gasteiger partial charge in [0.2, 0.25) is 5.91 Å². The SMILES string of the molecule is COC(C)C(=O)NCc1cnn(C)c1N. The summed E-state index contributed by atoms with van der Waals surface area (Å²) >= 11 is 0. The number of anilines is 1. The van der Waals surface area contributed by atoms with Crippen LogP contribution in [-0.4, -0.2) is 28.9 Å². The van der Waals surface area contributed by atoms with Gasteiger partial charge in [0.15, 0.2) is 0 Å². The number of carbonyl (C=O) groups excluding carboxylic acids is 1. The van der Waals surface area contributed by atoms with E-state index in [2.05, 4.69) is 10.4 Å². The first-order valence-electron chi connectivity index (χ1n) is 4.63. The molecule has 0 aliphatic carbocycles. The summed E-state index contributed by atoms with van der Waals surface area (Å²) < 4.78 is 6.43. The summed E-state index contributed by atoms with van der Waals surface area (Å²) in [6, 6.07) is 0. The number of nitrogens with zero attached hydrogens (tertiary/aromatic N) is 2. The Hall–Kier alpha value is -1.56. The molecule has 0 aromatic carbocycles. The molecule has 0 spiro atoms. The lowest BCUT2D eigenvalue weighted by Crippen LogP contribution is -2.33. The van der Waals surface area contributed by atoms with E-state index in [1.807, 2.05) is 0 Å². The molecule has 0 fully saturated rings. The van der Waals surface area contributed by atoms with Crippen LogP contribution in [0.25, 0.3) is 0 Å². The number of nitrogens with two attached hydrogens (primary N) is 1. The van der Waals surface area contributed by atoms with Crippen molar-refractivity contribution in [3.63, 3.8) is 0 Å². The van der Waals surface area contributed by atoms with Crippen LogP contribution in [0.1, 0.15) is 12.5 Å². The highest BCUT2D eigenvalue weighted by Crippen LogP contribution is 2.08. The summed E-state index contributed by atoms with van der Waals surface area (Å²) in [5.41, 5.74) is 6.52. The van der Waals surface area contributed by atoms with Crippen molar-refractivity contribution in [2.24, 2.45) is 7.05 Å². The number of hydrogen-bond acceptors (Lipinski definition) is 4. The molecule has 0 aliphatic heterocycles. The summed E-state index contributed by atoms with van der Waals surface area (Å²) in [7, 11) is 3.24. The van der Waals surface area contributed by atoms with Crippen LogP contribution in [0.4, 0.5) is 5.82 Å². The maximum absolute atomic E-state index is 11.4. The zero-order valence-electron chi connectivity index (χ0n) is 9.15. The van der Waals surface area contributed by atoms with Gasteiger partial charge in [-0.25, -0.2) is 0 Å². The van der Waals surface area contributed by atoms with Gasteiger partial charge in [0.25, 0.3) is 0 Å². The van der Waals surface area contributed by atoms with E-state index in [4.69, 9.17) is 10.5 Å². The second kappa shape index (κ2) is 4.79. The van der Waals surface area contributed by atoms with Crippen molar-refractivity contribution in [3.8, 4) is 0 Å². The highest BCUT2D eigenvalue weighted by molar-refractivity contribution is 5.80. The summed E-state index contributed by atoms with van der Waals surface area (Å²) in [4.78, 5) is 11.4. The van der Waals surface area contributed by atoms with E-state index < -0.39 is 6.10 Å². The summed E-state index contributed by atoms with van der Waals surface area (Å²) in [6.45, 7) is 2.05. The molecule has 1 aromatic rings. The zero-order chi connectivity index (χ0) is 11.4. The molecule has 0 aliphatic rings. The van der Waals surface area contributed by atoms with E-state index in [9.17, 15) is 4.79 Å². The topological polar surface area (TPSA) is 82.2 Å². The lowest BCUT2D eigenvalue weighted by molar-refractivity contribution is -0.130. The molecule has 84 valence electrons. The maximum atomic E-state index is 11.4. The van der Waals surface area contributed by atoms with E-state index in [1.165, 1.54) is 7.11 Å². The number of aryl methyl sites for hydroxylation is 1. The van der Waals surface area contributed by atoms with E-state index in [0.29, 0.717) is 12.4 Å². The Bertz CT molecular complexity index is 348. The van der Waals surface area contributed by atoms with E-state index in [0.717, 1.165) is 5.56 Å². The molecule has 0 saturated carbocycles. The van der Waals surface area contributed by atoms with Crippen molar-refractivity contribution in [1.29, 1.82) is 0 Å². The number of methoxy groups -OCH3 is 1. The van der Waals surface area contributed by atoms with Crippen LogP contribution in [0.5, 0.6) is 0 Å². The third-order valence-electron chi connectivity index (χ3n) is 2.24. The monoisotopic (exact) mass is 212 g/mol. The second-order valence-corrected chi connectivity index (χ2v) is 3.27. The smallest absolute Gasteiger partial charge is 0.249 e.